The van der Waals surface area contributed by atoms with Gasteiger partial charge >= 0.3 is 0 Å². The maximum atomic E-state index is 12.7. The van der Waals surface area contributed by atoms with Gasteiger partial charge in [0.05, 0.1) is 23.5 Å². The SMILES string of the molecule is CCOc1ccc(/C=N/Nc2ccc(F)cc2)cc1Cl. The number of ether oxygens (including phenoxy) is 1. The van der Waals surface area contributed by atoms with E-state index in [0.29, 0.717) is 23.1 Å². The Bertz CT molecular complexity index is 599. The third-order valence-electron chi connectivity index (χ3n) is 2.51. The average Bonchev–Trinajstić information content (AvgIpc) is 2.44. The summed E-state index contributed by atoms with van der Waals surface area (Å²) >= 11 is 6.07. The number of rotatable bonds is 5. The van der Waals surface area contributed by atoms with E-state index in [4.69, 9.17) is 16.3 Å². The summed E-state index contributed by atoms with van der Waals surface area (Å²) in [6.07, 6.45) is 1.63. The first-order chi connectivity index (χ1) is 9.69. The van der Waals surface area contributed by atoms with Crippen LogP contribution in [0.4, 0.5) is 10.1 Å². The van der Waals surface area contributed by atoms with Gasteiger partial charge in [-0.25, -0.2) is 4.39 Å². The number of anilines is 1. The lowest BCUT2D eigenvalue weighted by Crippen LogP contribution is -1.94. The molecule has 0 fully saturated rings. The second kappa shape index (κ2) is 6.91. The number of halogens is 2. The molecule has 0 bridgehead atoms. The molecular weight excluding hydrogens is 279 g/mol. The van der Waals surface area contributed by atoms with Gasteiger partial charge in [-0.2, -0.15) is 5.10 Å². The number of nitrogens with zero attached hydrogens (tertiary/aromatic N) is 1. The van der Waals surface area contributed by atoms with E-state index in [2.05, 4.69) is 10.5 Å². The summed E-state index contributed by atoms with van der Waals surface area (Å²) in [7, 11) is 0. The Morgan fingerprint density at radius 1 is 1.25 bits per heavy atom. The van der Waals surface area contributed by atoms with Crippen LogP contribution in [0.25, 0.3) is 0 Å². The molecule has 5 heteroatoms. The van der Waals surface area contributed by atoms with Gasteiger partial charge in [-0.3, -0.25) is 5.43 Å². The van der Waals surface area contributed by atoms with Crippen LogP contribution in [0.3, 0.4) is 0 Å². The molecule has 0 radical (unpaired) electrons. The number of hydrogen-bond donors (Lipinski definition) is 1. The average molecular weight is 293 g/mol. The van der Waals surface area contributed by atoms with Crippen LogP contribution >= 0.6 is 11.6 Å². The van der Waals surface area contributed by atoms with Gasteiger partial charge in [0.25, 0.3) is 0 Å². The highest BCUT2D eigenvalue weighted by atomic mass is 35.5. The van der Waals surface area contributed by atoms with Crippen molar-refractivity contribution >= 4 is 23.5 Å². The molecule has 0 amide bonds. The third kappa shape index (κ3) is 3.96. The van der Waals surface area contributed by atoms with E-state index >= 15 is 0 Å². The fourth-order valence-electron chi connectivity index (χ4n) is 1.58. The molecule has 0 aliphatic rings. The number of benzene rings is 2. The molecule has 0 saturated carbocycles. The van der Waals surface area contributed by atoms with Crippen molar-refractivity contribution in [3.05, 3.63) is 58.9 Å². The molecule has 1 N–H and O–H groups in total. The van der Waals surface area contributed by atoms with Crippen LogP contribution in [0.5, 0.6) is 5.75 Å². The molecule has 2 aromatic rings. The molecule has 104 valence electrons. The smallest absolute Gasteiger partial charge is 0.137 e. The highest BCUT2D eigenvalue weighted by molar-refractivity contribution is 6.32. The first-order valence-electron chi connectivity index (χ1n) is 6.16. The molecule has 0 saturated heterocycles. The van der Waals surface area contributed by atoms with Gasteiger partial charge in [-0.1, -0.05) is 11.6 Å². The van der Waals surface area contributed by atoms with E-state index in [-0.39, 0.29) is 5.82 Å². The molecule has 0 unspecified atom stereocenters. The second-order valence-electron chi connectivity index (χ2n) is 4.00. The zero-order valence-corrected chi connectivity index (χ0v) is 11.7. The lowest BCUT2D eigenvalue weighted by molar-refractivity contribution is 0.340. The fraction of sp³-hybridized carbons (Fsp3) is 0.133. The molecule has 2 rings (SSSR count). The van der Waals surface area contributed by atoms with Crippen LogP contribution in [-0.2, 0) is 0 Å². The molecule has 0 aliphatic carbocycles. The Morgan fingerprint density at radius 3 is 2.65 bits per heavy atom. The van der Waals surface area contributed by atoms with E-state index in [1.54, 1.807) is 30.5 Å². The highest BCUT2D eigenvalue weighted by Gasteiger charge is 2.00. The Balaban J connectivity index is 2.00. The maximum Gasteiger partial charge on any atom is 0.137 e. The summed E-state index contributed by atoms with van der Waals surface area (Å²) in [5.74, 6) is 0.371. The van der Waals surface area contributed by atoms with Gasteiger partial charge in [-0.05, 0) is 55.0 Å². The largest absolute Gasteiger partial charge is 0.492 e. The molecule has 20 heavy (non-hydrogen) atoms. The Kier molecular flexibility index (Phi) is 4.96. The Morgan fingerprint density at radius 2 is 2.00 bits per heavy atom. The van der Waals surface area contributed by atoms with Crippen molar-refractivity contribution in [2.45, 2.75) is 6.92 Å². The molecule has 2 aromatic carbocycles. The van der Waals surface area contributed by atoms with Crippen LogP contribution in [0.15, 0.2) is 47.6 Å². The minimum Gasteiger partial charge on any atom is -0.492 e. The van der Waals surface area contributed by atoms with Gasteiger partial charge in [0, 0.05) is 0 Å². The minimum absolute atomic E-state index is 0.280. The summed E-state index contributed by atoms with van der Waals surface area (Å²) in [6, 6.07) is 11.4. The van der Waals surface area contributed by atoms with Crippen molar-refractivity contribution in [1.82, 2.24) is 0 Å². The van der Waals surface area contributed by atoms with Crippen LogP contribution < -0.4 is 10.2 Å². The van der Waals surface area contributed by atoms with Crippen molar-refractivity contribution in [3.8, 4) is 5.75 Å². The summed E-state index contributed by atoms with van der Waals surface area (Å²) in [5, 5.41) is 4.60. The van der Waals surface area contributed by atoms with Gasteiger partial charge in [0.1, 0.15) is 11.6 Å². The van der Waals surface area contributed by atoms with Gasteiger partial charge in [0.15, 0.2) is 0 Å². The zero-order valence-electron chi connectivity index (χ0n) is 10.9. The Labute approximate surface area is 122 Å². The topological polar surface area (TPSA) is 33.6 Å². The summed E-state index contributed by atoms with van der Waals surface area (Å²) in [5.41, 5.74) is 4.36. The van der Waals surface area contributed by atoms with Crippen molar-refractivity contribution < 1.29 is 9.13 Å². The molecule has 0 heterocycles. The van der Waals surface area contributed by atoms with E-state index in [9.17, 15) is 4.39 Å². The summed E-state index contributed by atoms with van der Waals surface area (Å²) < 4.78 is 18.1. The van der Waals surface area contributed by atoms with Crippen LogP contribution in [0.2, 0.25) is 5.02 Å². The predicted octanol–water partition coefficient (Wildman–Crippen LogP) is 4.32. The minimum atomic E-state index is -0.280. The predicted molar refractivity (Wildman–Crippen MR) is 80.2 cm³/mol. The van der Waals surface area contributed by atoms with E-state index in [1.807, 2.05) is 13.0 Å². The van der Waals surface area contributed by atoms with E-state index in [0.717, 1.165) is 5.56 Å². The van der Waals surface area contributed by atoms with Crippen molar-refractivity contribution in [3.63, 3.8) is 0 Å². The van der Waals surface area contributed by atoms with Crippen LogP contribution in [0.1, 0.15) is 12.5 Å². The lowest BCUT2D eigenvalue weighted by atomic mass is 10.2. The lowest BCUT2D eigenvalue weighted by Gasteiger charge is -2.05. The molecule has 0 atom stereocenters. The maximum absolute atomic E-state index is 12.7. The molecule has 0 aliphatic heterocycles. The quantitative estimate of drug-likeness (QED) is 0.657. The fourth-order valence-corrected chi connectivity index (χ4v) is 1.82. The summed E-state index contributed by atoms with van der Waals surface area (Å²) in [6.45, 7) is 2.47. The third-order valence-corrected chi connectivity index (χ3v) is 2.80. The van der Waals surface area contributed by atoms with Gasteiger partial charge < -0.3 is 4.74 Å². The van der Waals surface area contributed by atoms with Crippen molar-refractivity contribution in [2.75, 3.05) is 12.0 Å². The standard InChI is InChI=1S/C15H14ClFN2O/c1-2-20-15-8-3-11(9-14(15)16)10-18-19-13-6-4-12(17)5-7-13/h3-10,19H,2H2,1H3/b18-10+. The van der Waals surface area contributed by atoms with Crippen molar-refractivity contribution in [2.24, 2.45) is 5.10 Å². The highest BCUT2D eigenvalue weighted by Crippen LogP contribution is 2.24. The number of hydrogen-bond acceptors (Lipinski definition) is 3. The van der Waals surface area contributed by atoms with Gasteiger partial charge in [0.2, 0.25) is 0 Å². The second-order valence-corrected chi connectivity index (χ2v) is 4.41. The molecule has 3 nitrogen and oxygen atoms in total. The van der Waals surface area contributed by atoms with E-state index < -0.39 is 0 Å². The number of hydrazone groups is 1. The number of nitrogens with one attached hydrogen (secondary N) is 1. The van der Waals surface area contributed by atoms with Crippen molar-refractivity contribution in [1.29, 1.82) is 0 Å². The monoisotopic (exact) mass is 292 g/mol. The van der Waals surface area contributed by atoms with E-state index in [1.165, 1.54) is 12.1 Å². The van der Waals surface area contributed by atoms with Crippen LogP contribution in [-0.4, -0.2) is 12.8 Å². The first-order valence-corrected chi connectivity index (χ1v) is 6.54. The molecule has 0 spiro atoms. The zero-order chi connectivity index (χ0) is 14.4. The molecule has 0 aromatic heterocycles. The Hall–Kier alpha value is -2.07. The normalized spacial score (nSPS) is 10.8. The molecular formula is C15H14ClFN2O. The summed E-state index contributed by atoms with van der Waals surface area (Å²) in [4.78, 5) is 0. The first kappa shape index (κ1) is 14.3. The van der Waals surface area contributed by atoms with Gasteiger partial charge in [-0.15, -0.1) is 0 Å². The van der Waals surface area contributed by atoms with Crippen LogP contribution in [0, 0.1) is 5.82 Å².